The number of carbonyl (C=O) groups is 1. The number of nitrogens with zero attached hydrogens (tertiary/aromatic N) is 1. The monoisotopic (exact) mass is 387 g/mol. The van der Waals surface area contributed by atoms with Crippen LogP contribution in [0.1, 0.15) is 45.1 Å². The molecule has 0 bridgehead atoms. The third kappa shape index (κ3) is 5.05. The standard InChI is InChI=1S/C22H26ClNOS/c1-16-5-3-4-6-22(16)24(26-21-13-9-19(23)10-14-21)20-11-7-18(8-12-20)15-17(2)25/h7-14,16,22H,3-6,15H2,1-2H3. The molecule has 1 aliphatic carbocycles. The van der Waals surface area contributed by atoms with Crippen molar-refractivity contribution in [2.24, 2.45) is 5.92 Å². The largest absolute Gasteiger partial charge is 0.309 e. The summed E-state index contributed by atoms with van der Waals surface area (Å²) in [5.74, 6) is 0.867. The first-order valence-electron chi connectivity index (χ1n) is 9.34. The molecule has 138 valence electrons. The Hall–Kier alpha value is -1.45. The van der Waals surface area contributed by atoms with Gasteiger partial charge in [-0.05, 0) is 79.6 Å². The molecule has 1 saturated carbocycles. The van der Waals surface area contributed by atoms with Gasteiger partial charge >= 0.3 is 0 Å². The van der Waals surface area contributed by atoms with Gasteiger partial charge < -0.3 is 4.31 Å². The van der Waals surface area contributed by atoms with Crippen LogP contribution in [0.25, 0.3) is 0 Å². The second-order valence-corrected chi connectivity index (χ2v) is 8.73. The van der Waals surface area contributed by atoms with Crippen LogP contribution >= 0.6 is 23.5 Å². The summed E-state index contributed by atoms with van der Waals surface area (Å²) in [6.07, 6.45) is 5.62. The van der Waals surface area contributed by atoms with Crippen LogP contribution in [0.2, 0.25) is 5.02 Å². The van der Waals surface area contributed by atoms with Gasteiger partial charge in [0.15, 0.2) is 0 Å². The molecule has 2 nitrogen and oxygen atoms in total. The van der Waals surface area contributed by atoms with Crippen molar-refractivity contribution in [2.75, 3.05) is 4.31 Å². The number of carbonyl (C=O) groups excluding carboxylic acids is 1. The summed E-state index contributed by atoms with van der Waals surface area (Å²) >= 11 is 7.83. The summed E-state index contributed by atoms with van der Waals surface area (Å²) in [6, 6.07) is 17.0. The van der Waals surface area contributed by atoms with Crippen LogP contribution in [-0.2, 0) is 11.2 Å². The fourth-order valence-electron chi connectivity index (χ4n) is 3.61. The van der Waals surface area contributed by atoms with Gasteiger partial charge in [-0.3, -0.25) is 4.79 Å². The predicted molar refractivity (Wildman–Crippen MR) is 112 cm³/mol. The van der Waals surface area contributed by atoms with Crippen LogP contribution in [0, 0.1) is 5.92 Å². The van der Waals surface area contributed by atoms with Crippen molar-refractivity contribution in [1.82, 2.24) is 0 Å². The Morgan fingerprint density at radius 1 is 1.08 bits per heavy atom. The zero-order valence-corrected chi connectivity index (χ0v) is 17.0. The highest BCUT2D eigenvalue weighted by Crippen LogP contribution is 2.39. The molecule has 0 spiro atoms. The van der Waals surface area contributed by atoms with E-state index >= 15 is 0 Å². The average molecular weight is 388 g/mol. The molecule has 2 aromatic rings. The third-order valence-corrected chi connectivity index (χ3v) is 6.44. The quantitative estimate of drug-likeness (QED) is 0.523. The molecule has 1 fully saturated rings. The van der Waals surface area contributed by atoms with Crippen molar-refractivity contribution < 1.29 is 4.79 Å². The molecule has 0 radical (unpaired) electrons. The van der Waals surface area contributed by atoms with Crippen LogP contribution in [0.3, 0.4) is 0 Å². The summed E-state index contributed by atoms with van der Waals surface area (Å²) in [4.78, 5) is 12.6. The van der Waals surface area contributed by atoms with Gasteiger partial charge in [-0.25, -0.2) is 0 Å². The summed E-state index contributed by atoms with van der Waals surface area (Å²) in [5.41, 5.74) is 2.28. The van der Waals surface area contributed by atoms with E-state index in [1.807, 2.05) is 12.1 Å². The number of ketones is 1. The lowest BCUT2D eigenvalue weighted by molar-refractivity contribution is -0.116. The summed E-state index contributed by atoms with van der Waals surface area (Å²) in [7, 11) is 0. The van der Waals surface area contributed by atoms with Crippen LogP contribution in [0.5, 0.6) is 0 Å². The second kappa shape index (κ2) is 8.96. The molecule has 3 rings (SSSR count). The van der Waals surface area contributed by atoms with Gasteiger partial charge in [-0.2, -0.15) is 0 Å². The molecule has 0 N–H and O–H groups in total. The first-order chi connectivity index (χ1) is 12.5. The van der Waals surface area contributed by atoms with E-state index in [2.05, 4.69) is 47.6 Å². The Morgan fingerprint density at radius 2 is 1.73 bits per heavy atom. The molecule has 2 unspecified atom stereocenters. The molecule has 2 aromatic carbocycles. The van der Waals surface area contributed by atoms with Gasteiger partial charge in [0.05, 0.1) is 0 Å². The molecule has 0 aliphatic heterocycles. The number of halogens is 1. The molecule has 4 heteroatoms. The number of hydrogen-bond acceptors (Lipinski definition) is 3. The summed E-state index contributed by atoms with van der Waals surface area (Å²) in [6.45, 7) is 4.00. The van der Waals surface area contributed by atoms with E-state index < -0.39 is 0 Å². The lowest BCUT2D eigenvalue weighted by Crippen LogP contribution is -2.37. The predicted octanol–water partition coefficient (Wildman–Crippen LogP) is 6.56. The molecule has 0 aromatic heterocycles. The zero-order chi connectivity index (χ0) is 18.5. The molecular formula is C22H26ClNOS. The van der Waals surface area contributed by atoms with Crippen LogP contribution in [-0.4, -0.2) is 11.8 Å². The number of hydrogen-bond donors (Lipinski definition) is 0. The van der Waals surface area contributed by atoms with Gasteiger partial charge in [-0.15, -0.1) is 0 Å². The minimum atomic E-state index is 0.200. The molecule has 0 amide bonds. The Labute approximate surface area is 166 Å². The van der Waals surface area contributed by atoms with Gasteiger partial charge in [-0.1, -0.05) is 43.5 Å². The summed E-state index contributed by atoms with van der Waals surface area (Å²) in [5, 5.41) is 0.764. The number of benzene rings is 2. The first kappa shape index (κ1) is 19.3. The summed E-state index contributed by atoms with van der Waals surface area (Å²) < 4.78 is 2.46. The Bertz CT molecular complexity index is 729. The van der Waals surface area contributed by atoms with E-state index in [-0.39, 0.29) is 5.78 Å². The molecule has 1 aliphatic rings. The van der Waals surface area contributed by atoms with Crippen molar-refractivity contribution in [3.05, 3.63) is 59.1 Å². The normalized spacial score (nSPS) is 20.0. The molecule has 2 atom stereocenters. The Balaban J connectivity index is 1.86. The van der Waals surface area contributed by atoms with E-state index in [1.165, 1.54) is 36.3 Å². The molecular weight excluding hydrogens is 362 g/mol. The van der Waals surface area contributed by atoms with Crippen molar-refractivity contribution >= 4 is 35.0 Å². The van der Waals surface area contributed by atoms with Gasteiger partial charge in [0.2, 0.25) is 0 Å². The molecule has 26 heavy (non-hydrogen) atoms. The van der Waals surface area contributed by atoms with E-state index in [0.717, 1.165) is 10.6 Å². The highest BCUT2D eigenvalue weighted by Gasteiger charge is 2.28. The first-order valence-corrected chi connectivity index (χ1v) is 10.5. The highest BCUT2D eigenvalue weighted by atomic mass is 35.5. The smallest absolute Gasteiger partial charge is 0.134 e. The maximum Gasteiger partial charge on any atom is 0.134 e. The van der Waals surface area contributed by atoms with Crippen LogP contribution in [0.4, 0.5) is 5.69 Å². The van der Waals surface area contributed by atoms with Gasteiger partial charge in [0, 0.05) is 28.1 Å². The maximum atomic E-state index is 11.4. The average Bonchev–Trinajstić information content (AvgIpc) is 2.62. The lowest BCUT2D eigenvalue weighted by atomic mass is 9.86. The SMILES string of the molecule is CC(=O)Cc1ccc(N(Sc2ccc(Cl)cc2)C2CCCCC2C)cc1. The van der Waals surface area contributed by atoms with Gasteiger partial charge in [0.1, 0.15) is 5.78 Å². The fraction of sp³-hybridized carbons (Fsp3) is 0.409. The minimum absolute atomic E-state index is 0.200. The van der Waals surface area contributed by atoms with Crippen LogP contribution in [0.15, 0.2) is 53.4 Å². The fourth-order valence-corrected chi connectivity index (χ4v) is 4.90. The van der Waals surface area contributed by atoms with Crippen molar-refractivity contribution in [3.63, 3.8) is 0 Å². The van der Waals surface area contributed by atoms with Gasteiger partial charge in [0.25, 0.3) is 0 Å². The van der Waals surface area contributed by atoms with E-state index in [1.54, 1.807) is 18.9 Å². The Morgan fingerprint density at radius 3 is 2.35 bits per heavy atom. The third-order valence-electron chi connectivity index (χ3n) is 5.03. The Kier molecular flexibility index (Phi) is 6.66. The number of anilines is 1. The van der Waals surface area contributed by atoms with Crippen molar-refractivity contribution in [1.29, 1.82) is 0 Å². The molecule has 0 saturated heterocycles. The van der Waals surface area contributed by atoms with Crippen molar-refractivity contribution in [3.8, 4) is 0 Å². The topological polar surface area (TPSA) is 20.3 Å². The van der Waals surface area contributed by atoms with E-state index in [0.29, 0.717) is 18.4 Å². The minimum Gasteiger partial charge on any atom is -0.309 e. The lowest BCUT2D eigenvalue weighted by Gasteiger charge is -2.39. The molecule has 0 heterocycles. The maximum absolute atomic E-state index is 11.4. The number of rotatable bonds is 6. The van der Waals surface area contributed by atoms with Crippen LogP contribution < -0.4 is 4.31 Å². The van der Waals surface area contributed by atoms with E-state index in [9.17, 15) is 4.79 Å². The number of Topliss-reactive ketones (excluding diaryl/α,β-unsaturated/α-hetero) is 1. The highest BCUT2D eigenvalue weighted by molar-refractivity contribution is 8.00. The van der Waals surface area contributed by atoms with Crippen molar-refractivity contribution in [2.45, 2.75) is 56.9 Å². The zero-order valence-electron chi connectivity index (χ0n) is 15.5. The van der Waals surface area contributed by atoms with E-state index in [4.69, 9.17) is 11.6 Å². The second-order valence-electron chi connectivity index (χ2n) is 7.25.